The van der Waals surface area contributed by atoms with Gasteiger partial charge in [0.1, 0.15) is 12.2 Å². The zero-order valence-electron chi connectivity index (χ0n) is 15.6. The summed E-state index contributed by atoms with van der Waals surface area (Å²) in [5.74, 6) is 0. The van der Waals surface area contributed by atoms with Gasteiger partial charge in [0.25, 0.3) is 0 Å². The first-order chi connectivity index (χ1) is 11.8. The third-order valence-corrected chi connectivity index (χ3v) is 5.01. The molecule has 2 rings (SSSR count). The highest BCUT2D eigenvalue weighted by Gasteiger charge is 2.29. The molecule has 24 heavy (non-hydrogen) atoms. The number of hydrogen-bond donors (Lipinski definition) is 0. The minimum atomic E-state index is 1.10. The van der Waals surface area contributed by atoms with E-state index >= 15 is 0 Å². The first kappa shape index (κ1) is 18.7. The Labute approximate surface area is 148 Å². The second-order valence-electron chi connectivity index (χ2n) is 6.99. The average molecular weight is 325 g/mol. The molecule has 0 saturated heterocycles. The molecular weight excluding hydrogens is 290 g/mol. The summed E-state index contributed by atoms with van der Waals surface area (Å²) in [6.07, 6.45) is 7.88. The van der Waals surface area contributed by atoms with Gasteiger partial charge >= 0.3 is 0 Å². The maximum atomic E-state index is 2.33. The Bertz CT molecular complexity index is 549. The summed E-state index contributed by atoms with van der Waals surface area (Å²) >= 11 is 0. The zero-order valence-corrected chi connectivity index (χ0v) is 15.6. The van der Waals surface area contributed by atoms with Crippen molar-refractivity contribution in [3.8, 4) is 0 Å². The summed E-state index contributed by atoms with van der Waals surface area (Å²) in [6.45, 7) is 8.19. The Kier molecular flexibility index (Phi) is 8.04. The maximum absolute atomic E-state index is 2.33. The Hall–Kier alpha value is -1.60. The number of hydrogen-bond acceptors (Lipinski definition) is 0. The predicted octanol–water partition coefficient (Wildman–Crippen LogP) is 6.57. The highest BCUT2D eigenvalue weighted by molar-refractivity contribution is 5.43. The quantitative estimate of drug-likeness (QED) is 0.324. The van der Waals surface area contributed by atoms with Crippen LogP contribution in [-0.4, -0.2) is 13.1 Å². The van der Waals surface area contributed by atoms with E-state index in [1.807, 2.05) is 0 Å². The molecule has 2 aromatic carbocycles. The maximum Gasteiger partial charge on any atom is 0.133 e. The lowest BCUT2D eigenvalue weighted by molar-refractivity contribution is 0.253. The van der Waals surface area contributed by atoms with Crippen molar-refractivity contribution in [2.24, 2.45) is 0 Å². The fourth-order valence-electron chi connectivity index (χ4n) is 3.60. The fourth-order valence-corrected chi connectivity index (χ4v) is 3.60. The fraction of sp³-hybridized carbons (Fsp3) is 0.478. The average Bonchev–Trinajstić information content (AvgIpc) is 2.64. The van der Waals surface area contributed by atoms with Crippen molar-refractivity contribution in [3.63, 3.8) is 0 Å². The van der Waals surface area contributed by atoms with E-state index in [2.05, 4.69) is 74.5 Å². The Morgan fingerprint density at radius 1 is 0.625 bits per heavy atom. The molecule has 0 radical (unpaired) electrons. The molecule has 1 nitrogen and oxygen atoms in total. The van der Waals surface area contributed by atoms with Gasteiger partial charge in [-0.2, -0.15) is 0 Å². The molecule has 1 heteroatoms. The molecule has 0 bridgehead atoms. The molecule has 2 aromatic rings. The molecule has 0 heterocycles. The predicted molar refractivity (Wildman–Crippen MR) is 107 cm³/mol. The number of quaternary nitrogens is 1. The summed E-state index contributed by atoms with van der Waals surface area (Å²) in [5.41, 5.74) is 2.93. The number of para-hydroxylation sites is 1. The third kappa shape index (κ3) is 5.49. The molecule has 0 spiro atoms. The first-order valence-electron chi connectivity index (χ1n) is 9.76. The van der Waals surface area contributed by atoms with Crippen LogP contribution in [0.3, 0.4) is 0 Å². The molecule has 1 unspecified atom stereocenters. The van der Waals surface area contributed by atoms with Crippen LogP contribution in [0, 0.1) is 0 Å². The largest absolute Gasteiger partial charge is 0.287 e. The van der Waals surface area contributed by atoms with E-state index in [-0.39, 0.29) is 0 Å². The molecule has 0 aliphatic rings. The van der Waals surface area contributed by atoms with Gasteiger partial charge < -0.3 is 0 Å². The SMILES string of the molecule is CCCCCC[N+](CCCC)(Cc1ccccc1)c1ccccc1. The molecule has 0 amide bonds. The van der Waals surface area contributed by atoms with E-state index in [1.54, 1.807) is 0 Å². The van der Waals surface area contributed by atoms with Crippen molar-refractivity contribution in [1.29, 1.82) is 0 Å². The number of nitrogens with zero attached hydrogens (tertiary/aromatic N) is 1. The van der Waals surface area contributed by atoms with Crippen LogP contribution in [0.2, 0.25) is 0 Å². The van der Waals surface area contributed by atoms with Crippen LogP contribution in [0.4, 0.5) is 5.69 Å². The molecule has 0 saturated carbocycles. The van der Waals surface area contributed by atoms with Gasteiger partial charge in [0.2, 0.25) is 0 Å². The number of unbranched alkanes of at least 4 members (excludes halogenated alkanes) is 4. The van der Waals surface area contributed by atoms with E-state index in [9.17, 15) is 0 Å². The van der Waals surface area contributed by atoms with Crippen LogP contribution in [0.15, 0.2) is 60.7 Å². The number of benzene rings is 2. The van der Waals surface area contributed by atoms with Crippen molar-refractivity contribution in [3.05, 3.63) is 66.2 Å². The lowest BCUT2D eigenvalue weighted by Gasteiger charge is -2.39. The van der Waals surface area contributed by atoms with Gasteiger partial charge in [0.15, 0.2) is 0 Å². The Balaban J connectivity index is 2.27. The van der Waals surface area contributed by atoms with Gasteiger partial charge in [0.05, 0.1) is 13.1 Å². The van der Waals surface area contributed by atoms with Crippen LogP contribution in [0.5, 0.6) is 0 Å². The van der Waals surface area contributed by atoms with Crippen LogP contribution in [0.25, 0.3) is 0 Å². The van der Waals surface area contributed by atoms with Gasteiger partial charge in [-0.25, -0.2) is 0 Å². The van der Waals surface area contributed by atoms with Gasteiger partial charge in [-0.15, -0.1) is 0 Å². The molecule has 0 N–H and O–H groups in total. The minimum absolute atomic E-state index is 1.10. The molecular formula is C23H34N+. The third-order valence-electron chi connectivity index (χ3n) is 5.01. The van der Waals surface area contributed by atoms with Gasteiger partial charge in [0, 0.05) is 5.56 Å². The standard InChI is InChI=1S/C23H34N/c1-3-5-7-14-20-24(19-6-4-2,23-17-12-9-13-18-23)21-22-15-10-8-11-16-22/h8-13,15-18H,3-7,14,19-21H2,1-2H3/q+1. The second kappa shape index (κ2) is 10.3. The van der Waals surface area contributed by atoms with E-state index in [0.717, 1.165) is 11.0 Å². The Morgan fingerprint density at radius 3 is 1.83 bits per heavy atom. The zero-order chi connectivity index (χ0) is 17.1. The lowest BCUT2D eigenvalue weighted by atomic mass is 10.1. The smallest absolute Gasteiger partial charge is 0.133 e. The van der Waals surface area contributed by atoms with Crippen molar-refractivity contribution < 1.29 is 0 Å². The van der Waals surface area contributed by atoms with Crippen LogP contribution in [0.1, 0.15) is 57.9 Å². The van der Waals surface area contributed by atoms with Crippen molar-refractivity contribution in [1.82, 2.24) is 4.48 Å². The molecule has 0 aliphatic heterocycles. The summed E-state index contributed by atoms with van der Waals surface area (Å²) in [6, 6.07) is 22.2. The summed E-state index contributed by atoms with van der Waals surface area (Å²) in [4.78, 5) is 0. The van der Waals surface area contributed by atoms with Gasteiger partial charge in [-0.1, -0.05) is 81.6 Å². The molecule has 130 valence electrons. The first-order valence-corrected chi connectivity index (χ1v) is 9.76. The Morgan fingerprint density at radius 2 is 1.21 bits per heavy atom. The van der Waals surface area contributed by atoms with Crippen molar-refractivity contribution >= 4 is 5.69 Å². The van der Waals surface area contributed by atoms with Crippen LogP contribution in [-0.2, 0) is 6.54 Å². The normalized spacial score (nSPS) is 13.6. The lowest BCUT2D eigenvalue weighted by Crippen LogP contribution is -2.50. The highest BCUT2D eigenvalue weighted by Crippen LogP contribution is 2.28. The van der Waals surface area contributed by atoms with Crippen LogP contribution < -0.4 is 4.48 Å². The van der Waals surface area contributed by atoms with Gasteiger partial charge in [-0.3, -0.25) is 4.48 Å². The van der Waals surface area contributed by atoms with E-state index in [0.29, 0.717) is 0 Å². The van der Waals surface area contributed by atoms with Gasteiger partial charge in [-0.05, 0) is 31.4 Å². The van der Waals surface area contributed by atoms with E-state index in [1.165, 1.54) is 62.9 Å². The summed E-state index contributed by atoms with van der Waals surface area (Å²) in [7, 11) is 0. The molecule has 0 aromatic heterocycles. The highest BCUT2D eigenvalue weighted by atomic mass is 15.4. The number of rotatable bonds is 11. The van der Waals surface area contributed by atoms with Crippen molar-refractivity contribution in [2.45, 2.75) is 58.9 Å². The molecule has 0 aliphatic carbocycles. The van der Waals surface area contributed by atoms with E-state index in [4.69, 9.17) is 0 Å². The summed E-state index contributed by atoms with van der Waals surface area (Å²) in [5, 5.41) is 0. The molecule has 1 atom stereocenters. The summed E-state index contributed by atoms with van der Waals surface area (Å²) < 4.78 is 1.10. The minimum Gasteiger partial charge on any atom is -0.287 e. The van der Waals surface area contributed by atoms with Crippen LogP contribution >= 0.6 is 0 Å². The van der Waals surface area contributed by atoms with E-state index < -0.39 is 0 Å². The molecule has 0 fully saturated rings. The monoisotopic (exact) mass is 324 g/mol. The van der Waals surface area contributed by atoms with Crippen molar-refractivity contribution in [2.75, 3.05) is 13.1 Å². The topological polar surface area (TPSA) is 0 Å². The second-order valence-corrected chi connectivity index (χ2v) is 6.99.